The first-order valence-corrected chi connectivity index (χ1v) is 5.97. The second-order valence-corrected chi connectivity index (χ2v) is 4.45. The normalized spacial score (nSPS) is 22.2. The Bertz CT molecular complexity index is 466. The van der Waals surface area contributed by atoms with E-state index in [2.05, 4.69) is 24.8 Å². The van der Waals surface area contributed by atoms with E-state index in [1.165, 1.54) is 16.7 Å². The van der Waals surface area contributed by atoms with E-state index in [4.69, 9.17) is 0 Å². The predicted molar refractivity (Wildman–Crippen MR) is 72.6 cm³/mol. The Balaban J connectivity index is 2.34. The van der Waals surface area contributed by atoms with Crippen LogP contribution < -0.4 is 0 Å². The van der Waals surface area contributed by atoms with Crippen molar-refractivity contribution < 1.29 is 5.11 Å². The first kappa shape index (κ1) is 11.9. The fourth-order valence-corrected chi connectivity index (χ4v) is 2.27. The maximum Gasteiger partial charge on any atom is 0.0793 e. The molecule has 0 heterocycles. The van der Waals surface area contributed by atoms with E-state index >= 15 is 0 Å². The second-order valence-electron chi connectivity index (χ2n) is 4.45. The van der Waals surface area contributed by atoms with E-state index in [0.717, 1.165) is 18.4 Å². The third kappa shape index (κ3) is 2.56. The first-order chi connectivity index (χ1) is 8.22. The second kappa shape index (κ2) is 5.15. The lowest BCUT2D eigenvalue weighted by molar-refractivity contribution is 0.219. The smallest absolute Gasteiger partial charge is 0.0793 e. The molecule has 0 aliphatic heterocycles. The molecule has 0 aromatic heterocycles. The minimum atomic E-state index is -0.320. The number of benzene rings is 1. The summed E-state index contributed by atoms with van der Waals surface area (Å²) in [6.07, 6.45) is 5.31. The first-order valence-electron chi connectivity index (χ1n) is 5.97. The highest BCUT2D eigenvalue weighted by Gasteiger charge is 2.23. The number of hydrogen-bond donors (Lipinski definition) is 1. The summed E-state index contributed by atoms with van der Waals surface area (Å²) in [6.45, 7) is 5.79. The van der Waals surface area contributed by atoms with Crippen molar-refractivity contribution in [3.8, 4) is 0 Å². The maximum absolute atomic E-state index is 9.91. The molecule has 1 unspecified atom stereocenters. The van der Waals surface area contributed by atoms with Crippen LogP contribution in [-0.2, 0) is 0 Å². The number of aliphatic hydroxyl groups is 1. The molecule has 0 radical (unpaired) electrons. The maximum atomic E-state index is 9.91. The summed E-state index contributed by atoms with van der Waals surface area (Å²) in [5.41, 5.74) is 4.76. The molecule has 0 spiro atoms. The Labute approximate surface area is 103 Å². The molecular weight excluding hydrogens is 208 g/mol. The summed E-state index contributed by atoms with van der Waals surface area (Å²) in [4.78, 5) is 0. The molecule has 1 aliphatic carbocycles. The van der Waals surface area contributed by atoms with Gasteiger partial charge in [0, 0.05) is 6.42 Å². The van der Waals surface area contributed by atoms with Crippen molar-refractivity contribution in [3.63, 3.8) is 0 Å². The lowest BCUT2D eigenvalue weighted by atomic mass is 10.0. The summed E-state index contributed by atoms with van der Waals surface area (Å²) in [5.74, 6) is 0. The molecule has 1 aromatic rings. The van der Waals surface area contributed by atoms with Gasteiger partial charge in [-0.2, -0.15) is 0 Å². The van der Waals surface area contributed by atoms with E-state index < -0.39 is 0 Å². The predicted octanol–water partition coefficient (Wildman–Crippen LogP) is 3.73. The van der Waals surface area contributed by atoms with Crippen LogP contribution in [-0.4, -0.2) is 11.2 Å². The molecule has 17 heavy (non-hydrogen) atoms. The van der Waals surface area contributed by atoms with Crippen molar-refractivity contribution >= 4 is 6.08 Å². The van der Waals surface area contributed by atoms with Gasteiger partial charge in [0.2, 0.25) is 0 Å². The molecule has 2 rings (SSSR count). The summed E-state index contributed by atoms with van der Waals surface area (Å²) >= 11 is 0. The van der Waals surface area contributed by atoms with E-state index in [1.54, 1.807) is 0 Å². The Morgan fingerprint density at radius 2 is 2.06 bits per heavy atom. The van der Waals surface area contributed by atoms with Gasteiger partial charge in [-0.25, -0.2) is 0 Å². The molecule has 0 saturated carbocycles. The average molecular weight is 226 g/mol. The van der Waals surface area contributed by atoms with Crippen molar-refractivity contribution in [2.75, 3.05) is 0 Å². The Kier molecular flexibility index (Phi) is 3.60. The largest absolute Gasteiger partial charge is 0.388 e. The van der Waals surface area contributed by atoms with Crippen LogP contribution >= 0.6 is 0 Å². The van der Waals surface area contributed by atoms with Gasteiger partial charge in [0.1, 0.15) is 0 Å². The van der Waals surface area contributed by atoms with Crippen LogP contribution in [0.5, 0.6) is 0 Å². The molecule has 1 N–H and O–H groups in total. The monoisotopic (exact) mass is 226 g/mol. The zero-order chi connectivity index (χ0) is 12.3. The minimum Gasteiger partial charge on any atom is -0.388 e. The third-order valence-electron chi connectivity index (χ3n) is 3.27. The van der Waals surface area contributed by atoms with Gasteiger partial charge in [-0.05, 0) is 35.6 Å². The van der Waals surface area contributed by atoms with Gasteiger partial charge in [0.15, 0.2) is 0 Å². The summed E-state index contributed by atoms with van der Waals surface area (Å²) in [6, 6.07) is 10.2. The summed E-state index contributed by atoms with van der Waals surface area (Å²) < 4.78 is 0. The molecule has 0 bridgehead atoms. The molecule has 0 amide bonds. The lowest BCUT2D eigenvalue weighted by Gasteiger charge is -2.03. The number of aliphatic hydroxyl groups excluding tert-OH is 1. The fourth-order valence-electron chi connectivity index (χ4n) is 2.27. The molecule has 1 aliphatic rings. The molecule has 1 nitrogen and oxygen atoms in total. The topological polar surface area (TPSA) is 20.2 Å². The van der Waals surface area contributed by atoms with Crippen LogP contribution in [0.1, 0.15) is 25.3 Å². The van der Waals surface area contributed by atoms with Crippen molar-refractivity contribution in [2.45, 2.75) is 25.9 Å². The van der Waals surface area contributed by atoms with E-state index in [9.17, 15) is 5.11 Å². The summed E-state index contributed by atoms with van der Waals surface area (Å²) in [5, 5.41) is 9.91. The van der Waals surface area contributed by atoms with Gasteiger partial charge in [0.05, 0.1) is 6.10 Å². The van der Waals surface area contributed by atoms with Crippen LogP contribution in [0.2, 0.25) is 0 Å². The van der Waals surface area contributed by atoms with Crippen LogP contribution in [0.4, 0.5) is 0 Å². The van der Waals surface area contributed by atoms with E-state index in [-0.39, 0.29) is 6.10 Å². The Hall–Kier alpha value is -1.60. The van der Waals surface area contributed by atoms with Crippen LogP contribution in [0.25, 0.3) is 6.08 Å². The third-order valence-corrected chi connectivity index (χ3v) is 3.27. The van der Waals surface area contributed by atoms with Crippen molar-refractivity contribution in [1.29, 1.82) is 0 Å². The van der Waals surface area contributed by atoms with E-state index in [1.807, 2.05) is 31.2 Å². The quantitative estimate of drug-likeness (QED) is 0.779. The van der Waals surface area contributed by atoms with Crippen molar-refractivity contribution in [2.24, 2.45) is 0 Å². The van der Waals surface area contributed by atoms with Gasteiger partial charge in [-0.1, -0.05) is 42.5 Å². The number of allylic oxidation sites excluding steroid dienone is 2. The molecule has 1 aromatic carbocycles. The highest BCUT2D eigenvalue weighted by Crippen LogP contribution is 2.35. The zero-order valence-electron chi connectivity index (χ0n) is 10.2. The highest BCUT2D eigenvalue weighted by molar-refractivity contribution is 5.62. The average Bonchev–Trinajstić information content (AvgIpc) is 2.59. The van der Waals surface area contributed by atoms with Crippen molar-refractivity contribution in [1.82, 2.24) is 0 Å². The van der Waals surface area contributed by atoms with Crippen LogP contribution in [0.3, 0.4) is 0 Å². The molecule has 1 atom stereocenters. The van der Waals surface area contributed by atoms with Crippen LogP contribution in [0, 0.1) is 0 Å². The number of rotatable bonds is 3. The van der Waals surface area contributed by atoms with Gasteiger partial charge >= 0.3 is 0 Å². The molecule has 0 fully saturated rings. The molecule has 1 heteroatoms. The minimum absolute atomic E-state index is 0.320. The number of hydrogen-bond acceptors (Lipinski definition) is 1. The molecular formula is C16H18O. The van der Waals surface area contributed by atoms with Gasteiger partial charge in [-0.15, -0.1) is 6.58 Å². The van der Waals surface area contributed by atoms with Crippen LogP contribution in [0.15, 0.2) is 59.7 Å². The van der Waals surface area contributed by atoms with Gasteiger partial charge < -0.3 is 5.11 Å². The summed E-state index contributed by atoms with van der Waals surface area (Å²) in [7, 11) is 0. The zero-order valence-corrected chi connectivity index (χ0v) is 10.2. The SMILES string of the molecule is C=CCC1=C(C)C(O)CC1=Cc1ccccc1. The molecule has 0 saturated heterocycles. The lowest BCUT2D eigenvalue weighted by Crippen LogP contribution is -2.01. The Morgan fingerprint density at radius 1 is 1.35 bits per heavy atom. The fraction of sp³-hybridized carbons (Fsp3) is 0.250. The van der Waals surface area contributed by atoms with E-state index in [0.29, 0.717) is 0 Å². The Morgan fingerprint density at radius 3 is 2.71 bits per heavy atom. The highest BCUT2D eigenvalue weighted by atomic mass is 16.3. The van der Waals surface area contributed by atoms with Crippen molar-refractivity contribution in [3.05, 3.63) is 65.3 Å². The van der Waals surface area contributed by atoms with Gasteiger partial charge in [-0.3, -0.25) is 0 Å². The standard InChI is InChI=1S/C16H18O/c1-3-7-15-12(2)16(17)11-14(15)10-13-8-5-4-6-9-13/h3-6,8-10,16-17H,1,7,11H2,2H3. The van der Waals surface area contributed by atoms with Gasteiger partial charge in [0.25, 0.3) is 0 Å². The molecule has 88 valence electrons.